The number of hydrogen-bond donors (Lipinski definition) is 0. The van der Waals surface area contributed by atoms with E-state index in [2.05, 4.69) is 5.92 Å². The third-order valence-corrected chi connectivity index (χ3v) is 4.71. The molecule has 1 saturated heterocycles. The summed E-state index contributed by atoms with van der Waals surface area (Å²) in [4.78, 5) is 13.2. The van der Waals surface area contributed by atoms with Gasteiger partial charge < -0.3 is 4.90 Å². The maximum Gasteiger partial charge on any atom is 0.237 e. The zero-order valence-corrected chi connectivity index (χ0v) is 10.9. The van der Waals surface area contributed by atoms with Crippen LogP contribution in [0.15, 0.2) is 24.3 Å². The van der Waals surface area contributed by atoms with Crippen LogP contribution in [0.3, 0.4) is 0 Å². The van der Waals surface area contributed by atoms with Crippen molar-refractivity contribution in [3.8, 4) is 12.3 Å². The van der Waals surface area contributed by atoms with Gasteiger partial charge >= 0.3 is 0 Å². The molecule has 1 heterocycles. The largest absolute Gasteiger partial charge is 0.310 e. The Morgan fingerprint density at radius 1 is 1.39 bits per heavy atom. The molecule has 4 nitrogen and oxygen atoms in total. The van der Waals surface area contributed by atoms with E-state index in [0.29, 0.717) is 11.3 Å². The zero-order chi connectivity index (χ0) is 13.3. The van der Waals surface area contributed by atoms with E-state index in [0.717, 1.165) is 0 Å². The van der Waals surface area contributed by atoms with Gasteiger partial charge in [-0.05, 0) is 12.1 Å². The molecule has 1 aliphatic rings. The Hall–Kier alpha value is -1.51. The minimum absolute atomic E-state index is 0.0450. The van der Waals surface area contributed by atoms with Crippen LogP contribution < -0.4 is 4.90 Å². The van der Waals surface area contributed by atoms with Gasteiger partial charge in [0.2, 0.25) is 15.0 Å². The van der Waals surface area contributed by atoms with Crippen LogP contribution in [0.25, 0.3) is 0 Å². The van der Waals surface area contributed by atoms with Crippen molar-refractivity contribution >= 4 is 31.3 Å². The fourth-order valence-corrected chi connectivity index (χ4v) is 2.95. The third-order valence-electron chi connectivity index (χ3n) is 2.84. The molecule has 1 aromatic carbocycles. The molecule has 0 radical (unpaired) electrons. The summed E-state index contributed by atoms with van der Waals surface area (Å²) in [5.41, 5.74) is 1.10. The summed E-state index contributed by atoms with van der Waals surface area (Å²) in [6.45, 7) is 0.0450. The second-order valence-electron chi connectivity index (χ2n) is 3.97. The summed E-state index contributed by atoms with van der Waals surface area (Å²) in [5.74, 6) is 2.19. The molecule has 1 unspecified atom stereocenters. The highest BCUT2D eigenvalue weighted by molar-refractivity contribution is 8.14. The molecule has 94 valence electrons. The van der Waals surface area contributed by atoms with Crippen molar-refractivity contribution in [1.29, 1.82) is 0 Å². The summed E-state index contributed by atoms with van der Waals surface area (Å²) in [6.07, 6.45) is 5.25. The van der Waals surface area contributed by atoms with Crippen molar-refractivity contribution in [2.24, 2.45) is 0 Å². The van der Waals surface area contributed by atoms with Gasteiger partial charge in [-0.15, -0.1) is 6.42 Å². The molecule has 1 aliphatic heterocycles. The Bertz CT molecular complexity index is 633. The van der Waals surface area contributed by atoms with Crippen molar-refractivity contribution < 1.29 is 13.2 Å². The quantitative estimate of drug-likeness (QED) is 0.608. The number of benzene rings is 1. The number of para-hydroxylation sites is 1. The van der Waals surface area contributed by atoms with E-state index in [1.54, 1.807) is 24.3 Å². The standard InChI is InChI=1S/C12H10ClNO3S/c1-2-9-5-3-4-6-11(9)14-8-10(7-12(14)15)18(13,16)17/h1,3-6,10H,7-8H2. The van der Waals surface area contributed by atoms with Gasteiger partial charge in [0.25, 0.3) is 0 Å². The van der Waals surface area contributed by atoms with Crippen LogP contribution in [-0.2, 0) is 13.8 Å². The molecule has 0 aromatic heterocycles. The Kier molecular flexibility index (Phi) is 3.33. The molecule has 1 aromatic rings. The highest BCUT2D eigenvalue weighted by Crippen LogP contribution is 2.28. The third kappa shape index (κ3) is 2.35. The lowest BCUT2D eigenvalue weighted by Crippen LogP contribution is -2.27. The van der Waals surface area contributed by atoms with Crippen molar-refractivity contribution in [2.45, 2.75) is 11.7 Å². The second-order valence-corrected chi connectivity index (χ2v) is 6.88. The molecule has 6 heteroatoms. The number of nitrogens with zero attached hydrogens (tertiary/aromatic N) is 1. The van der Waals surface area contributed by atoms with Crippen LogP contribution in [0.4, 0.5) is 5.69 Å². The minimum atomic E-state index is -3.74. The molecule has 18 heavy (non-hydrogen) atoms. The molecule has 0 aliphatic carbocycles. The number of carbonyl (C=O) groups is 1. The minimum Gasteiger partial charge on any atom is -0.310 e. The molecule has 0 N–H and O–H groups in total. The lowest BCUT2D eigenvalue weighted by molar-refractivity contribution is -0.117. The van der Waals surface area contributed by atoms with E-state index in [1.807, 2.05) is 0 Å². The molecule has 1 fully saturated rings. The van der Waals surface area contributed by atoms with Crippen molar-refractivity contribution in [3.63, 3.8) is 0 Å². The highest BCUT2D eigenvalue weighted by Gasteiger charge is 2.38. The number of terminal acetylenes is 1. The van der Waals surface area contributed by atoms with Crippen LogP contribution in [0.1, 0.15) is 12.0 Å². The molecule has 2 rings (SSSR count). The Balaban J connectivity index is 2.37. The number of amides is 1. The predicted molar refractivity (Wildman–Crippen MR) is 69.9 cm³/mol. The van der Waals surface area contributed by atoms with Gasteiger partial charge in [0.15, 0.2) is 0 Å². The van der Waals surface area contributed by atoms with Gasteiger partial charge in [0.05, 0.1) is 5.69 Å². The van der Waals surface area contributed by atoms with E-state index < -0.39 is 14.3 Å². The molecule has 0 bridgehead atoms. The van der Waals surface area contributed by atoms with Crippen molar-refractivity contribution in [1.82, 2.24) is 0 Å². The molecular weight excluding hydrogens is 274 g/mol. The highest BCUT2D eigenvalue weighted by atomic mass is 35.7. The second kappa shape index (κ2) is 4.63. The van der Waals surface area contributed by atoms with E-state index in [-0.39, 0.29) is 18.9 Å². The molecule has 1 atom stereocenters. The Labute approximate surface area is 110 Å². The maximum absolute atomic E-state index is 11.8. The smallest absolute Gasteiger partial charge is 0.237 e. The SMILES string of the molecule is C#Cc1ccccc1N1CC(S(=O)(=O)Cl)CC1=O. The van der Waals surface area contributed by atoms with E-state index >= 15 is 0 Å². The number of rotatable bonds is 2. The van der Waals surface area contributed by atoms with Gasteiger partial charge in [0, 0.05) is 29.2 Å². The summed E-state index contributed by atoms with van der Waals surface area (Å²) in [7, 11) is 1.55. The first-order chi connectivity index (χ1) is 8.43. The lowest BCUT2D eigenvalue weighted by Gasteiger charge is -2.17. The summed E-state index contributed by atoms with van der Waals surface area (Å²) < 4.78 is 22.5. The number of halogens is 1. The zero-order valence-electron chi connectivity index (χ0n) is 9.34. The first kappa shape index (κ1) is 12.9. The molecule has 1 amide bonds. The van der Waals surface area contributed by atoms with Crippen LogP contribution in [0.5, 0.6) is 0 Å². The summed E-state index contributed by atoms with van der Waals surface area (Å²) >= 11 is 0. The number of carbonyl (C=O) groups excluding carboxylic acids is 1. The van der Waals surface area contributed by atoms with Crippen LogP contribution in [0.2, 0.25) is 0 Å². The van der Waals surface area contributed by atoms with Crippen LogP contribution in [-0.4, -0.2) is 26.1 Å². The molecule has 0 spiro atoms. The maximum atomic E-state index is 11.8. The van der Waals surface area contributed by atoms with Crippen molar-refractivity contribution in [3.05, 3.63) is 29.8 Å². The topological polar surface area (TPSA) is 54.5 Å². The molecule has 0 saturated carbocycles. The Morgan fingerprint density at radius 3 is 2.61 bits per heavy atom. The predicted octanol–water partition coefficient (Wildman–Crippen LogP) is 1.34. The van der Waals surface area contributed by atoms with Gasteiger partial charge in [-0.1, -0.05) is 18.1 Å². The van der Waals surface area contributed by atoms with Gasteiger partial charge in [-0.3, -0.25) is 4.79 Å². The monoisotopic (exact) mass is 283 g/mol. The van der Waals surface area contributed by atoms with Crippen LogP contribution in [0, 0.1) is 12.3 Å². The van der Waals surface area contributed by atoms with Crippen LogP contribution >= 0.6 is 10.7 Å². The van der Waals surface area contributed by atoms with Gasteiger partial charge in [-0.25, -0.2) is 8.42 Å². The van der Waals surface area contributed by atoms with Gasteiger partial charge in [-0.2, -0.15) is 0 Å². The fourth-order valence-electron chi connectivity index (χ4n) is 1.93. The van der Waals surface area contributed by atoms with Crippen molar-refractivity contribution in [2.75, 3.05) is 11.4 Å². The Morgan fingerprint density at radius 2 is 2.06 bits per heavy atom. The van der Waals surface area contributed by atoms with Gasteiger partial charge in [0.1, 0.15) is 5.25 Å². The lowest BCUT2D eigenvalue weighted by atomic mass is 10.1. The molecular formula is C12H10ClNO3S. The normalized spacial score (nSPS) is 19.9. The summed E-state index contributed by atoms with van der Waals surface area (Å²) in [6, 6.07) is 6.89. The fraction of sp³-hybridized carbons (Fsp3) is 0.250. The average molecular weight is 284 g/mol. The van der Waals surface area contributed by atoms with E-state index in [9.17, 15) is 13.2 Å². The number of anilines is 1. The number of hydrogen-bond acceptors (Lipinski definition) is 3. The summed E-state index contributed by atoms with van der Waals surface area (Å²) in [5, 5.41) is -0.877. The first-order valence-electron chi connectivity index (χ1n) is 5.23. The average Bonchev–Trinajstić information content (AvgIpc) is 2.71. The first-order valence-corrected chi connectivity index (χ1v) is 7.60. The van der Waals surface area contributed by atoms with E-state index in [4.69, 9.17) is 17.1 Å². The van der Waals surface area contributed by atoms with E-state index in [1.165, 1.54) is 4.90 Å².